The lowest BCUT2D eigenvalue weighted by Gasteiger charge is -2.16. The third-order valence-electron chi connectivity index (χ3n) is 8.03. The third-order valence-corrected chi connectivity index (χ3v) is 9.39. The molecule has 3 amide bonds. The molecule has 0 radical (unpaired) electrons. The summed E-state index contributed by atoms with van der Waals surface area (Å²) in [6.07, 6.45) is 2.25. The molecule has 1 aromatic heterocycles. The fourth-order valence-electron chi connectivity index (χ4n) is 5.69. The van der Waals surface area contributed by atoms with Crippen molar-refractivity contribution >= 4 is 68.7 Å². The van der Waals surface area contributed by atoms with Gasteiger partial charge in [0.25, 0.3) is 11.8 Å². The molecule has 3 N–H and O–H groups in total. The largest absolute Gasteiger partial charge is 0.341 e. The molecule has 1 unspecified atom stereocenters. The fourth-order valence-corrected chi connectivity index (χ4v) is 6.70. The number of hydrogen-bond donors (Lipinski definition) is 3. The molecule has 0 spiro atoms. The topological polar surface area (TPSA) is 92.2 Å². The number of aryl methyl sites for hydroxylation is 1. The Morgan fingerprint density at radius 2 is 1.40 bits per heavy atom. The normalized spacial score (nSPS) is 12.1. The molecule has 0 aliphatic rings. The second kappa shape index (κ2) is 14.9. The standard InChI is InChI=1S/C40H36N4O3S/c1-3-37(40(47)42-30-22-23-36-33(26-30)32-20-11-12-21-35(32)44(36)4-2)48-31-19-13-18-29(25-31)41-39(46)34(24-27-14-7-5-8-15-27)43-38(45)28-16-9-6-10-17-28/h5-26,37H,3-4H2,1-2H3,(H,41,46)(H,42,47)(H,43,45)/b34-24-. The summed E-state index contributed by atoms with van der Waals surface area (Å²) in [6, 6.07) is 39.8. The summed E-state index contributed by atoms with van der Waals surface area (Å²) in [6.45, 7) is 4.98. The van der Waals surface area contributed by atoms with Crippen molar-refractivity contribution in [1.29, 1.82) is 0 Å². The molecule has 48 heavy (non-hydrogen) atoms. The molecule has 240 valence electrons. The van der Waals surface area contributed by atoms with E-state index in [1.165, 1.54) is 17.3 Å². The molecule has 1 atom stereocenters. The molecule has 8 heteroatoms. The second-order valence-electron chi connectivity index (χ2n) is 11.3. The SMILES string of the molecule is CCC(Sc1cccc(NC(=O)/C(=C/c2ccccc2)NC(=O)c2ccccc2)c1)C(=O)Nc1ccc2c(c1)c1ccccc1n2CC. The highest BCUT2D eigenvalue weighted by atomic mass is 32.2. The quantitative estimate of drug-likeness (QED) is 0.0964. The van der Waals surface area contributed by atoms with Crippen LogP contribution in [0.3, 0.4) is 0 Å². The Hall–Kier alpha value is -5.60. The number of hydrogen-bond acceptors (Lipinski definition) is 4. The van der Waals surface area contributed by atoms with Crippen molar-refractivity contribution in [3.05, 3.63) is 144 Å². The maximum atomic E-state index is 13.5. The molecule has 7 nitrogen and oxygen atoms in total. The Balaban J connectivity index is 1.16. The van der Waals surface area contributed by atoms with Gasteiger partial charge in [-0.2, -0.15) is 0 Å². The number of para-hydroxylation sites is 1. The average Bonchev–Trinajstić information content (AvgIpc) is 3.44. The Labute approximate surface area is 284 Å². The van der Waals surface area contributed by atoms with Crippen molar-refractivity contribution in [3.63, 3.8) is 0 Å². The predicted molar refractivity (Wildman–Crippen MR) is 197 cm³/mol. The van der Waals surface area contributed by atoms with Gasteiger partial charge < -0.3 is 20.5 Å². The van der Waals surface area contributed by atoms with Gasteiger partial charge in [-0.25, -0.2) is 0 Å². The average molecular weight is 653 g/mol. The van der Waals surface area contributed by atoms with E-state index in [-0.39, 0.29) is 22.8 Å². The molecule has 0 saturated heterocycles. The number of nitrogens with one attached hydrogen (secondary N) is 3. The number of amides is 3. The highest BCUT2D eigenvalue weighted by molar-refractivity contribution is 8.00. The van der Waals surface area contributed by atoms with Gasteiger partial charge in [-0.05, 0) is 79.6 Å². The minimum absolute atomic E-state index is 0.0905. The zero-order valence-corrected chi connectivity index (χ0v) is 27.6. The van der Waals surface area contributed by atoms with Crippen LogP contribution in [0.4, 0.5) is 11.4 Å². The molecule has 6 aromatic rings. The number of thioether (sulfide) groups is 1. The molecule has 5 aromatic carbocycles. The van der Waals surface area contributed by atoms with E-state index in [4.69, 9.17) is 0 Å². The summed E-state index contributed by atoms with van der Waals surface area (Å²) in [5, 5.41) is 10.7. The molecular weight excluding hydrogens is 617 g/mol. The maximum Gasteiger partial charge on any atom is 0.272 e. The summed E-state index contributed by atoms with van der Waals surface area (Å²) in [4.78, 5) is 40.8. The first kappa shape index (κ1) is 32.3. The maximum absolute atomic E-state index is 13.5. The number of benzene rings is 5. The summed E-state index contributed by atoms with van der Waals surface area (Å²) in [7, 11) is 0. The van der Waals surface area contributed by atoms with Crippen LogP contribution in [0.15, 0.2) is 138 Å². The Morgan fingerprint density at radius 3 is 2.15 bits per heavy atom. The van der Waals surface area contributed by atoms with Gasteiger partial charge in [0, 0.05) is 50.2 Å². The van der Waals surface area contributed by atoms with Crippen LogP contribution < -0.4 is 16.0 Å². The zero-order chi connectivity index (χ0) is 33.5. The van der Waals surface area contributed by atoms with E-state index in [1.807, 2.05) is 85.8 Å². The monoisotopic (exact) mass is 652 g/mol. The lowest BCUT2D eigenvalue weighted by Crippen LogP contribution is -2.30. The van der Waals surface area contributed by atoms with Gasteiger partial charge in [0.1, 0.15) is 5.70 Å². The lowest BCUT2D eigenvalue weighted by molar-refractivity contribution is -0.116. The van der Waals surface area contributed by atoms with Crippen LogP contribution in [-0.2, 0) is 16.1 Å². The smallest absolute Gasteiger partial charge is 0.272 e. The van der Waals surface area contributed by atoms with E-state index < -0.39 is 5.91 Å². The molecular formula is C40H36N4O3S. The second-order valence-corrected chi connectivity index (χ2v) is 12.5. The molecule has 6 rings (SSSR count). The number of carbonyl (C=O) groups is 3. The molecule has 0 fully saturated rings. The van der Waals surface area contributed by atoms with E-state index in [9.17, 15) is 14.4 Å². The van der Waals surface area contributed by atoms with Gasteiger partial charge in [0.2, 0.25) is 5.91 Å². The summed E-state index contributed by atoms with van der Waals surface area (Å²) in [5.74, 6) is -0.938. The number of fused-ring (bicyclic) bond motifs is 3. The van der Waals surface area contributed by atoms with Crippen LogP contribution in [0.5, 0.6) is 0 Å². The summed E-state index contributed by atoms with van der Waals surface area (Å²) in [5.41, 5.74) is 4.93. The van der Waals surface area contributed by atoms with Crippen LogP contribution >= 0.6 is 11.8 Å². The van der Waals surface area contributed by atoms with Crippen molar-refractivity contribution in [2.45, 2.75) is 37.0 Å². The minimum Gasteiger partial charge on any atom is -0.341 e. The van der Waals surface area contributed by atoms with E-state index in [1.54, 1.807) is 36.4 Å². The first-order valence-electron chi connectivity index (χ1n) is 16.0. The number of carbonyl (C=O) groups excluding carboxylic acids is 3. The van der Waals surface area contributed by atoms with E-state index in [2.05, 4.69) is 45.6 Å². The van der Waals surface area contributed by atoms with E-state index >= 15 is 0 Å². The minimum atomic E-state index is -0.463. The number of aromatic nitrogens is 1. The van der Waals surface area contributed by atoms with Gasteiger partial charge in [-0.1, -0.05) is 79.7 Å². The first-order chi connectivity index (χ1) is 23.4. The van der Waals surface area contributed by atoms with Crippen molar-refractivity contribution in [2.75, 3.05) is 10.6 Å². The van der Waals surface area contributed by atoms with Crippen molar-refractivity contribution in [2.24, 2.45) is 0 Å². The molecule has 1 heterocycles. The van der Waals surface area contributed by atoms with Crippen LogP contribution in [0.1, 0.15) is 36.2 Å². The van der Waals surface area contributed by atoms with E-state index in [0.717, 1.165) is 39.0 Å². The predicted octanol–water partition coefficient (Wildman–Crippen LogP) is 8.73. The van der Waals surface area contributed by atoms with Crippen molar-refractivity contribution in [1.82, 2.24) is 9.88 Å². The molecule has 0 saturated carbocycles. The van der Waals surface area contributed by atoms with Gasteiger partial charge in [0.05, 0.1) is 5.25 Å². The van der Waals surface area contributed by atoms with Crippen LogP contribution in [0.25, 0.3) is 27.9 Å². The Bertz CT molecular complexity index is 2120. The highest BCUT2D eigenvalue weighted by Gasteiger charge is 2.20. The molecule has 0 bridgehead atoms. The van der Waals surface area contributed by atoms with Gasteiger partial charge in [0.15, 0.2) is 0 Å². The summed E-state index contributed by atoms with van der Waals surface area (Å²) < 4.78 is 2.28. The number of rotatable bonds is 11. The Kier molecular flexibility index (Phi) is 10.0. The van der Waals surface area contributed by atoms with Crippen LogP contribution in [0.2, 0.25) is 0 Å². The number of nitrogens with zero attached hydrogens (tertiary/aromatic N) is 1. The van der Waals surface area contributed by atoms with Gasteiger partial charge in [-0.15, -0.1) is 11.8 Å². The number of anilines is 2. The summed E-state index contributed by atoms with van der Waals surface area (Å²) >= 11 is 1.44. The molecule has 0 aliphatic carbocycles. The van der Waals surface area contributed by atoms with Crippen molar-refractivity contribution in [3.8, 4) is 0 Å². The third kappa shape index (κ3) is 7.35. The fraction of sp³-hybridized carbons (Fsp3) is 0.125. The first-order valence-corrected chi connectivity index (χ1v) is 16.8. The van der Waals surface area contributed by atoms with Crippen molar-refractivity contribution < 1.29 is 14.4 Å². The lowest BCUT2D eigenvalue weighted by atomic mass is 10.1. The van der Waals surface area contributed by atoms with E-state index in [0.29, 0.717) is 17.7 Å². The highest BCUT2D eigenvalue weighted by Crippen LogP contribution is 2.32. The van der Waals surface area contributed by atoms with Gasteiger partial charge >= 0.3 is 0 Å². The zero-order valence-electron chi connectivity index (χ0n) is 26.8. The van der Waals surface area contributed by atoms with Gasteiger partial charge in [-0.3, -0.25) is 14.4 Å². The Morgan fingerprint density at radius 1 is 0.708 bits per heavy atom. The molecule has 0 aliphatic heterocycles. The van der Waals surface area contributed by atoms with Crippen LogP contribution in [-0.4, -0.2) is 27.5 Å². The van der Waals surface area contributed by atoms with Crippen LogP contribution in [0, 0.1) is 0 Å².